The smallest absolute Gasteiger partial charge is 0.264 e. The maximum Gasteiger partial charge on any atom is 0.264 e. The Kier molecular flexibility index (Phi) is 7.46. The number of anilines is 3. The number of carbonyl (C=O) groups is 1. The van der Waals surface area contributed by atoms with E-state index in [4.69, 9.17) is 0 Å². The zero-order chi connectivity index (χ0) is 26.0. The van der Waals surface area contributed by atoms with Gasteiger partial charge in [-0.15, -0.1) is 0 Å². The minimum Gasteiger partial charge on any atom is -0.324 e. The van der Waals surface area contributed by atoms with Gasteiger partial charge in [0, 0.05) is 17.1 Å². The van der Waals surface area contributed by atoms with E-state index >= 15 is 0 Å². The van der Waals surface area contributed by atoms with Crippen molar-refractivity contribution in [3.05, 3.63) is 71.5 Å². The Labute approximate surface area is 205 Å². The SMILES string of the molecule is Cc1ccc(N([C@H](C)C(=O)Nc2ccc(S(=O)(=O)Nc3nc(C)cc(C)n3)cc2)S(C)(=O)=O)cc1. The van der Waals surface area contributed by atoms with Gasteiger partial charge in [0.1, 0.15) is 6.04 Å². The summed E-state index contributed by atoms with van der Waals surface area (Å²) in [5.41, 5.74) is 2.86. The number of aromatic nitrogens is 2. The Morgan fingerprint density at radius 2 is 1.43 bits per heavy atom. The van der Waals surface area contributed by atoms with E-state index in [0.717, 1.165) is 16.1 Å². The molecule has 2 aromatic carbocycles. The van der Waals surface area contributed by atoms with Crippen LogP contribution in [0, 0.1) is 20.8 Å². The molecule has 0 aliphatic rings. The van der Waals surface area contributed by atoms with Crippen LogP contribution in [-0.4, -0.2) is 45.0 Å². The molecule has 0 fully saturated rings. The summed E-state index contributed by atoms with van der Waals surface area (Å²) < 4.78 is 53.6. The molecule has 0 aliphatic heterocycles. The molecular formula is C23H27N5O5S2. The highest BCUT2D eigenvalue weighted by atomic mass is 32.2. The number of nitrogens with zero attached hydrogens (tertiary/aromatic N) is 3. The third-order valence-corrected chi connectivity index (χ3v) is 7.60. The second kappa shape index (κ2) is 10.0. The van der Waals surface area contributed by atoms with Crippen molar-refractivity contribution in [3.63, 3.8) is 0 Å². The van der Waals surface area contributed by atoms with E-state index in [1.807, 2.05) is 6.92 Å². The molecular weight excluding hydrogens is 490 g/mol. The lowest BCUT2D eigenvalue weighted by molar-refractivity contribution is -0.116. The van der Waals surface area contributed by atoms with Crippen molar-refractivity contribution < 1.29 is 21.6 Å². The standard InChI is InChI=1S/C23H27N5O5S2/c1-15-6-10-20(11-7-15)28(34(5,30)31)18(4)22(29)26-19-8-12-21(13-9-19)35(32,33)27-23-24-16(2)14-17(3)25-23/h6-14,18H,1-5H3,(H,26,29)(H,24,25,27)/t18-/m1/s1. The summed E-state index contributed by atoms with van der Waals surface area (Å²) in [7, 11) is -7.71. The van der Waals surface area contributed by atoms with Crippen molar-refractivity contribution in [2.75, 3.05) is 20.6 Å². The normalized spacial score (nSPS) is 12.6. The largest absolute Gasteiger partial charge is 0.324 e. The van der Waals surface area contributed by atoms with Crippen LogP contribution in [0.5, 0.6) is 0 Å². The Morgan fingerprint density at radius 3 is 1.94 bits per heavy atom. The first-order valence-corrected chi connectivity index (χ1v) is 13.9. The molecule has 1 aromatic heterocycles. The average molecular weight is 518 g/mol. The number of hydrogen-bond donors (Lipinski definition) is 2. The second-order valence-electron chi connectivity index (χ2n) is 8.16. The topological polar surface area (TPSA) is 138 Å². The fourth-order valence-electron chi connectivity index (χ4n) is 3.42. The Bertz CT molecular complexity index is 1420. The van der Waals surface area contributed by atoms with Gasteiger partial charge in [0.2, 0.25) is 21.9 Å². The van der Waals surface area contributed by atoms with Gasteiger partial charge in [-0.05, 0) is 70.2 Å². The summed E-state index contributed by atoms with van der Waals surface area (Å²) in [6.07, 6.45) is 1.03. The maximum atomic E-state index is 12.9. The Morgan fingerprint density at radius 1 is 0.886 bits per heavy atom. The Hall–Kier alpha value is -3.51. The molecule has 0 saturated carbocycles. The van der Waals surface area contributed by atoms with Gasteiger partial charge >= 0.3 is 0 Å². The van der Waals surface area contributed by atoms with E-state index in [2.05, 4.69) is 20.0 Å². The fraction of sp³-hybridized carbons (Fsp3) is 0.261. The van der Waals surface area contributed by atoms with Crippen molar-refractivity contribution in [2.45, 2.75) is 38.6 Å². The zero-order valence-corrected chi connectivity index (χ0v) is 21.6. The van der Waals surface area contributed by atoms with E-state index in [1.165, 1.54) is 31.2 Å². The van der Waals surface area contributed by atoms with E-state index in [0.29, 0.717) is 22.8 Å². The second-order valence-corrected chi connectivity index (χ2v) is 11.7. The van der Waals surface area contributed by atoms with Gasteiger partial charge in [-0.1, -0.05) is 17.7 Å². The number of sulfonamides is 2. The highest BCUT2D eigenvalue weighted by Gasteiger charge is 2.29. The van der Waals surface area contributed by atoms with Gasteiger partial charge in [0.25, 0.3) is 10.0 Å². The highest BCUT2D eigenvalue weighted by Crippen LogP contribution is 2.23. The number of benzene rings is 2. The first-order valence-electron chi connectivity index (χ1n) is 10.6. The van der Waals surface area contributed by atoms with Crippen LogP contribution in [0.15, 0.2) is 59.5 Å². The van der Waals surface area contributed by atoms with Crippen molar-refractivity contribution in [1.82, 2.24) is 9.97 Å². The molecule has 3 aromatic rings. The van der Waals surface area contributed by atoms with E-state index in [1.54, 1.807) is 44.2 Å². The fourth-order valence-corrected chi connectivity index (χ4v) is 5.53. The molecule has 186 valence electrons. The molecule has 0 radical (unpaired) electrons. The van der Waals surface area contributed by atoms with Crippen LogP contribution in [0.3, 0.4) is 0 Å². The van der Waals surface area contributed by atoms with Crippen LogP contribution >= 0.6 is 0 Å². The Balaban J connectivity index is 1.76. The first kappa shape index (κ1) is 26.1. The predicted octanol–water partition coefficient (Wildman–Crippen LogP) is 3.00. The van der Waals surface area contributed by atoms with Gasteiger partial charge in [-0.3, -0.25) is 9.10 Å². The number of carbonyl (C=O) groups excluding carboxylic acids is 1. The molecule has 1 amide bonds. The van der Waals surface area contributed by atoms with Gasteiger partial charge < -0.3 is 5.32 Å². The van der Waals surface area contributed by atoms with E-state index in [-0.39, 0.29) is 10.8 Å². The third-order valence-electron chi connectivity index (χ3n) is 5.02. The number of hydrogen-bond acceptors (Lipinski definition) is 7. The molecule has 1 heterocycles. The highest BCUT2D eigenvalue weighted by molar-refractivity contribution is 7.92. The minimum absolute atomic E-state index is 0.0364. The first-order chi connectivity index (χ1) is 16.3. The van der Waals surface area contributed by atoms with Crippen molar-refractivity contribution in [1.29, 1.82) is 0 Å². The van der Waals surface area contributed by atoms with Crippen LogP contribution < -0.4 is 14.3 Å². The monoisotopic (exact) mass is 517 g/mol. The van der Waals surface area contributed by atoms with Gasteiger partial charge in [-0.25, -0.2) is 31.5 Å². The summed E-state index contributed by atoms with van der Waals surface area (Å²) in [6.45, 7) is 6.81. The van der Waals surface area contributed by atoms with Crippen LogP contribution in [0.4, 0.5) is 17.3 Å². The van der Waals surface area contributed by atoms with E-state index in [9.17, 15) is 21.6 Å². The minimum atomic E-state index is -3.96. The van der Waals surface area contributed by atoms with E-state index < -0.39 is 32.0 Å². The van der Waals surface area contributed by atoms with Gasteiger partial charge in [0.05, 0.1) is 16.8 Å². The van der Waals surface area contributed by atoms with Crippen molar-refractivity contribution >= 4 is 43.3 Å². The molecule has 12 heteroatoms. The molecule has 0 bridgehead atoms. The molecule has 0 saturated heterocycles. The number of aryl methyl sites for hydroxylation is 3. The molecule has 10 nitrogen and oxygen atoms in total. The van der Waals surface area contributed by atoms with Gasteiger partial charge in [0.15, 0.2) is 0 Å². The number of nitrogens with one attached hydrogen (secondary N) is 2. The number of amides is 1. The quantitative estimate of drug-likeness (QED) is 0.468. The molecule has 1 atom stereocenters. The van der Waals surface area contributed by atoms with Crippen molar-refractivity contribution in [3.8, 4) is 0 Å². The maximum absolute atomic E-state index is 12.9. The molecule has 0 spiro atoms. The van der Waals surface area contributed by atoms with Crippen LogP contribution in [0.2, 0.25) is 0 Å². The van der Waals surface area contributed by atoms with Crippen LogP contribution in [0.1, 0.15) is 23.9 Å². The lowest BCUT2D eigenvalue weighted by Crippen LogP contribution is -2.45. The summed E-state index contributed by atoms with van der Waals surface area (Å²) in [4.78, 5) is 21.0. The molecule has 3 rings (SSSR count). The summed E-state index contributed by atoms with van der Waals surface area (Å²) in [5.74, 6) is -0.612. The molecule has 0 unspecified atom stereocenters. The van der Waals surface area contributed by atoms with Crippen LogP contribution in [-0.2, 0) is 24.8 Å². The average Bonchev–Trinajstić information content (AvgIpc) is 2.73. The number of rotatable bonds is 8. The third kappa shape index (κ3) is 6.55. The molecule has 35 heavy (non-hydrogen) atoms. The summed E-state index contributed by atoms with van der Waals surface area (Å²) in [6, 6.07) is 12.9. The molecule has 2 N–H and O–H groups in total. The zero-order valence-electron chi connectivity index (χ0n) is 20.0. The summed E-state index contributed by atoms with van der Waals surface area (Å²) in [5, 5.41) is 2.63. The van der Waals surface area contributed by atoms with Crippen molar-refractivity contribution in [2.24, 2.45) is 0 Å². The predicted molar refractivity (Wildman–Crippen MR) is 135 cm³/mol. The lowest BCUT2D eigenvalue weighted by atomic mass is 10.2. The summed E-state index contributed by atoms with van der Waals surface area (Å²) >= 11 is 0. The van der Waals surface area contributed by atoms with Gasteiger partial charge in [-0.2, -0.15) is 0 Å². The molecule has 0 aliphatic carbocycles. The lowest BCUT2D eigenvalue weighted by Gasteiger charge is -2.28. The van der Waals surface area contributed by atoms with Crippen LogP contribution in [0.25, 0.3) is 0 Å².